The lowest BCUT2D eigenvalue weighted by atomic mass is 10.0. The molecule has 8 nitrogen and oxygen atoms in total. The van der Waals surface area contributed by atoms with Gasteiger partial charge in [-0.2, -0.15) is 4.57 Å². The van der Waals surface area contributed by atoms with E-state index >= 15 is 0 Å². The fourth-order valence-electron chi connectivity index (χ4n) is 4.65. The topological polar surface area (TPSA) is 67.9 Å². The lowest BCUT2D eigenvalue weighted by Crippen LogP contribution is -2.46. The van der Waals surface area contributed by atoms with E-state index in [9.17, 15) is 9.59 Å². The highest BCUT2D eigenvalue weighted by molar-refractivity contribution is 5.92. The van der Waals surface area contributed by atoms with E-state index < -0.39 is 11.8 Å². The van der Waals surface area contributed by atoms with Gasteiger partial charge in [0.25, 0.3) is 0 Å². The van der Waals surface area contributed by atoms with E-state index in [-0.39, 0.29) is 4.65 Å². The van der Waals surface area contributed by atoms with Crippen LogP contribution in [0, 0.1) is 0 Å². The summed E-state index contributed by atoms with van der Waals surface area (Å²) in [4.78, 5) is 35.6. The number of piperazine rings is 1. The Balaban J connectivity index is 1.29. The second kappa shape index (κ2) is 10.2. The molecule has 1 aromatic heterocycles. The molecule has 0 unspecified atom stereocenters. The van der Waals surface area contributed by atoms with Gasteiger partial charge in [-0.05, 0) is 41.8 Å². The number of nitrogens with zero attached hydrogens (tertiary/aromatic N) is 4. The summed E-state index contributed by atoms with van der Waals surface area (Å²) in [6, 6.07) is 24.6. The number of quaternary nitrogens is 1. The highest BCUT2D eigenvalue weighted by atomic mass is 16.8. The monoisotopic (exact) mass is 501 g/mol. The van der Waals surface area contributed by atoms with Crippen molar-refractivity contribution in [3.63, 3.8) is 0 Å². The summed E-state index contributed by atoms with van der Waals surface area (Å²) in [5, 5.41) is 0. The summed E-state index contributed by atoms with van der Waals surface area (Å²) in [5.74, 6) is -0.736. The zero-order chi connectivity index (χ0) is 26.0. The van der Waals surface area contributed by atoms with Crippen LogP contribution in [-0.2, 0) is 11.4 Å². The Morgan fingerprint density at radius 2 is 1.62 bits per heavy atom. The van der Waals surface area contributed by atoms with Crippen LogP contribution in [0.25, 0.3) is 22.2 Å². The predicted octanol–water partition coefficient (Wildman–Crippen LogP) is 4.58. The Morgan fingerprint density at radius 3 is 2.35 bits per heavy atom. The second-order valence-corrected chi connectivity index (χ2v) is 9.91. The van der Waals surface area contributed by atoms with Crippen LogP contribution in [0.15, 0.2) is 82.0 Å². The van der Waals surface area contributed by atoms with E-state index in [2.05, 4.69) is 58.3 Å². The van der Waals surface area contributed by atoms with Gasteiger partial charge in [-0.15, -0.1) is 4.65 Å². The van der Waals surface area contributed by atoms with Crippen molar-refractivity contribution in [3.05, 3.63) is 88.9 Å². The number of rotatable bonds is 6. The quantitative estimate of drug-likeness (QED) is 0.285. The Hall–Kier alpha value is -3.88. The summed E-state index contributed by atoms with van der Waals surface area (Å²) in [6.07, 6.45) is -0.740. The maximum absolute atomic E-state index is 12.8. The number of hydrogen-bond acceptors (Lipinski definition) is 6. The molecule has 0 N–H and O–H groups in total. The van der Waals surface area contributed by atoms with Crippen LogP contribution in [0.2, 0.25) is 0 Å². The number of benzene rings is 3. The van der Waals surface area contributed by atoms with Crippen molar-refractivity contribution in [2.24, 2.45) is 0 Å². The third kappa shape index (κ3) is 5.30. The van der Waals surface area contributed by atoms with Gasteiger partial charge in [-0.1, -0.05) is 54.6 Å². The number of carbonyl (C=O) groups excluding carboxylic acids is 1. The van der Waals surface area contributed by atoms with Crippen molar-refractivity contribution in [2.45, 2.75) is 13.5 Å². The second-order valence-electron chi connectivity index (χ2n) is 9.91. The Labute approximate surface area is 216 Å². The van der Waals surface area contributed by atoms with Crippen LogP contribution in [0.1, 0.15) is 12.5 Å². The molecule has 3 aromatic carbocycles. The number of fused-ring (bicyclic) bond motifs is 1. The van der Waals surface area contributed by atoms with Gasteiger partial charge in [0.2, 0.25) is 0 Å². The van der Waals surface area contributed by atoms with Crippen LogP contribution >= 0.6 is 0 Å². The normalized spacial score (nSPS) is 14.7. The molecule has 0 atom stereocenters. The minimum absolute atomic E-state index is 0.00779. The minimum atomic E-state index is -0.740. The first kappa shape index (κ1) is 24.8. The molecule has 0 saturated carbocycles. The summed E-state index contributed by atoms with van der Waals surface area (Å²) in [6.45, 7) is 6.68. The smallest absolute Gasteiger partial charge is 0.405 e. The highest BCUT2D eigenvalue weighted by Gasteiger charge is 2.28. The Kier molecular flexibility index (Phi) is 6.86. The molecular weight excluding hydrogens is 468 g/mol. The first-order chi connectivity index (χ1) is 17.8. The van der Waals surface area contributed by atoms with Crippen LogP contribution < -0.4 is 10.7 Å². The van der Waals surface area contributed by atoms with Crippen LogP contribution in [0.5, 0.6) is 0 Å². The van der Waals surface area contributed by atoms with Gasteiger partial charge in [0, 0.05) is 32.7 Å². The number of carbonyl (C=O) groups is 1. The lowest BCUT2D eigenvalue weighted by Gasteiger charge is -2.36. The van der Waals surface area contributed by atoms with Gasteiger partial charge in [-0.25, -0.2) is 9.59 Å². The third-order valence-corrected chi connectivity index (χ3v) is 7.01. The largest absolute Gasteiger partial charge is 0.478 e. The van der Waals surface area contributed by atoms with E-state index in [1.165, 1.54) is 16.7 Å². The van der Waals surface area contributed by atoms with Crippen LogP contribution in [-0.4, -0.2) is 67.0 Å². The van der Waals surface area contributed by atoms with E-state index in [1.54, 1.807) is 20.2 Å². The molecule has 0 bridgehead atoms. The van der Waals surface area contributed by atoms with Crippen molar-refractivity contribution in [1.29, 1.82) is 0 Å². The van der Waals surface area contributed by atoms with Gasteiger partial charge in [-0.3, -0.25) is 9.74 Å². The first-order valence-corrected chi connectivity index (χ1v) is 12.7. The predicted molar refractivity (Wildman–Crippen MR) is 144 cm³/mol. The maximum Gasteiger partial charge on any atom is 0.478 e. The number of para-hydroxylation sites is 1. The summed E-state index contributed by atoms with van der Waals surface area (Å²) in [5.41, 5.74) is 5.38. The molecule has 2 heterocycles. The molecule has 0 radical (unpaired) electrons. The fourth-order valence-corrected chi connectivity index (χ4v) is 4.65. The van der Waals surface area contributed by atoms with Crippen molar-refractivity contribution in [2.75, 3.05) is 51.7 Å². The molecule has 4 aromatic rings. The SMILES string of the molecule is CC[N+](C)(C)OC(=O)n1c(=O)oc2c(N3CCN(Cc4cccc(-c5ccccc5)c4)CC3)cccc21. The first-order valence-electron chi connectivity index (χ1n) is 12.7. The Bertz CT molecular complexity index is 1450. The van der Waals surface area contributed by atoms with E-state index in [0.29, 0.717) is 17.6 Å². The van der Waals surface area contributed by atoms with Crippen molar-refractivity contribution in [1.82, 2.24) is 9.47 Å². The van der Waals surface area contributed by atoms with Crippen molar-refractivity contribution in [3.8, 4) is 11.1 Å². The summed E-state index contributed by atoms with van der Waals surface area (Å²) in [7, 11) is 3.52. The number of hydrogen-bond donors (Lipinski definition) is 0. The number of oxazole rings is 1. The molecule has 1 fully saturated rings. The van der Waals surface area contributed by atoms with Crippen molar-refractivity contribution >= 4 is 22.9 Å². The molecular formula is C29H33N4O4+. The van der Waals surface area contributed by atoms with E-state index in [1.807, 2.05) is 25.1 Å². The zero-order valence-corrected chi connectivity index (χ0v) is 21.6. The van der Waals surface area contributed by atoms with Gasteiger partial charge in [0.1, 0.15) is 26.2 Å². The van der Waals surface area contributed by atoms with Gasteiger partial charge < -0.3 is 9.32 Å². The number of hydroxylamine groups is 3. The molecule has 0 aliphatic carbocycles. The lowest BCUT2D eigenvalue weighted by molar-refractivity contribution is -1.06. The van der Waals surface area contributed by atoms with E-state index in [0.717, 1.165) is 43.0 Å². The minimum Gasteiger partial charge on any atom is -0.405 e. The third-order valence-electron chi connectivity index (χ3n) is 7.01. The van der Waals surface area contributed by atoms with Gasteiger partial charge in [0.05, 0.1) is 5.69 Å². The number of aromatic nitrogens is 1. The number of anilines is 1. The average molecular weight is 502 g/mol. The highest BCUT2D eigenvalue weighted by Crippen LogP contribution is 2.28. The molecule has 192 valence electrons. The molecule has 0 amide bonds. The molecule has 1 aliphatic heterocycles. The maximum atomic E-state index is 12.8. The summed E-state index contributed by atoms with van der Waals surface area (Å²) >= 11 is 0. The Morgan fingerprint density at radius 1 is 0.919 bits per heavy atom. The van der Waals surface area contributed by atoms with Crippen LogP contribution in [0.3, 0.4) is 0 Å². The zero-order valence-electron chi connectivity index (χ0n) is 21.6. The molecule has 37 heavy (non-hydrogen) atoms. The average Bonchev–Trinajstić information content (AvgIpc) is 3.25. The molecule has 1 aliphatic rings. The molecule has 0 spiro atoms. The van der Waals surface area contributed by atoms with Gasteiger partial charge >= 0.3 is 11.8 Å². The van der Waals surface area contributed by atoms with Crippen LogP contribution in [0.4, 0.5) is 10.5 Å². The summed E-state index contributed by atoms with van der Waals surface area (Å²) < 4.78 is 6.56. The molecule has 5 rings (SSSR count). The fraction of sp³-hybridized carbons (Fsp3) is 0.310. The molecule has 8 heteroatoms. The van der Waals surface area contributed by atoms with Crippen molar-refractivity contribution < 1.29 is 18.7 Å². The van der Waals surface area contributed by atoms with Gasteiger partial charge in [0.15, 0.2) is 5.58 Å². The van der Waals surface area contributed by atoms with E-state index in [4.69, 9.17) is 9.25 Å². The standard InChI is InChI=1S/C29H33N4O4/c1-4-33(2,3)37-29(35)32-26-15-9-14-25(27(26)36-28(32)34)31-18-16-30(17-19-31)21-22-10-8-13-24(20-22)23-11-6-5-7-12-23/h5-15,20H,4,16-19,21H2,1-3H3/q+1. The molecule has 1 saturated heterocycles.